The number of anilines is 1. The summed E-state index contributed by atoms with van der Waals surface area (Å²) < 4.78 is 17.4. The molecule has 1 aliphatic heterocycles. The number of benzene rings is 2. The fourth-order valence-corrected chi connectivity index (χ4v) is 3.39. The van der Waals surface area contributed by atoms with E-state index in [0.717, 1.165) is 24.1 Å². The first kappa shape index (κ1) is 15.9. The first-order valence-electron chi connectivity index (χ1n) is 7.65. The Hall–Kier alpha value is -1.98. The number of carbonyl (C=O) groups excluding carboxylic acids is 1. The van der Waals surface area contributed by atoms with Gasteiger partial charge in [-0.25, -0.2) is 4.21 Å². The maximum absolute atomic E-state index is 12.4. The summed E-state index contributed by atoms with van der Waals surface area (Å²) in [6.07, 6.45) is 1.92. The van der Waals surface area contributed by atoms with E-state index in [2.05, 4.69) is 0 Å². The largest absolute Gasteiger partial charge is 0.310 e. The molecule has 5 heteroatoms. The fraction of sp³-hybridized carbons (Fsp3) is 0.278. The molecule has 4 nitrogen and oxygen atoms in total. The van der Waals surface area contributed by atoms with Crippen molar-refractivity contribution in [1.29, 1.82) is 0 Å². The normalized spacial score (nSPS) is 15.1. The molecule has 0 saturated heterocycles. The summed E-state index contributed by atoms with van der Waals surface area (Å²) in [6, 6.07) is 15.2. The van der Waals surface area contributed by atoms with Crippen LogP contribution >= 0.6 is 0 Å². The van der Waals surface area contributed by atoms with E-state index in [4.69, 9.17) is 4.18 Å². The molecule has 1 heterocycles. The van der Waals surface area contributed by atoms with E-state index in [1.165, 1.54) is 5.56 Å². The molecular formula is C18H19NO3S. The molecule has 120 valence electrons. The molecule has 0 N–H and O–H groups in total. The van der Waals surface area contributed by atoms with Crippen molar-refractivity contribution in [2.45, 2.75) is 24.7 Å². The van der Waals surface area contributed by atoms with Gasteiger partial charge in [-0.3, -0.25) is 8.98 Å². The summed E-state index contributed by atoms with van der Waals surface area (Å²) in [5, 5.41) is 0. The molecule has 0 aromatic heterocycles. The quantitative estimate of drug-likeness (QED) is 0.866. The van der Waals surface area contributed by atoms with Crippen LogP contribution in [0.1, 0.15) is 17.5 Å². The third-order valence-electron chi connectivity index (χ3n) is 3.91. The summed E-state index contributed by atoms with van der Waals surface area (Å²) in [5.41, 5.74) is 3.20. The van der Waals surface area contributed by atoms with Crippen LogP contribution in [0.3, 0.4) is 0 Å². The van der Waals surface area contributed by atoms with E-state index in [-0.39, 0.29) is 12.5 Å². The van der Waals surface area contributed by atoms with Gasteiger partial charge in [0.05, 0.1) is 4.90 Å². The van der Waals surface area contributed by atoms with Crippen LogP contribution in [-0.2, 0) is 26.5 Å². The Kier molecular flexibility index (Phi) is 4.88. The van der Waals surface area contributed by atoms with Crippen molar-refractivity contribution in [3.8, 4) is 0 Å². The van der Waals surface area contributed by atoms with Gasteiger partial charge in [0.2, 0.25) is 0 Å². The average molecular weight is 329 g/mol. The Labute approximate surface area is 138 Å². The zero-order chi connectivity index (χ0) is 16.2. The van der Waals surface area contributed by atoms with Crippen molar-refractivity contribution >= 4 is 22.7 Å². The molecule has 2 aromatic carbocycles. The minimum atomic E-state index is -1.62. The van der Waals surface area contributed by atoms with Gasteiger partial charge in [0.25, 0.3) is 5.91 Å². The highest BCUT2D eigenvalue weighted by Gasteiger charge is 2.22. The molecule has 0 aliphatic carbocycles. The number of nitrogens with zero attached hydrogens (tertiary/aromatic N) is 1. The molecule has 3 rings (SSSR count). The summed E-state index contributed by atoms with van der Waals surface area (Å²) in [7, 11) is 0. The van der Waals surface area contributed by atoms with Crippen LogP contribution in [-0.4, -0.2) is 23.3 Å². The second kappa shape index (κ2) is 7.06. The third-order valence-corrected chi connectivity index (χ3v) is 4.90. The molecule has 1 unspecified atom stereocenters. The minimum Gasteiger partial charge on any atom is -0.310 e. The predicted molar refractivity (Wildman–Crippen MR) is 90.7 cm³/mol. The summed E-state index contributed by atoms with van der Waals surface area (Å²) in [5.74, 6) is -0.155. The summed E-state index contributed by atoms with van der Waals surface area (Å²) in [4.78, 5) is 14.7. The Bertz CT molecular complexity index is 727. The summed E-state index contributed by atoms with van der Waals surface area (Å²) in [6.45, 7) is 2.45. The maximum atomic E-state index is 12.4. The van der Waals surface area contributed by atoms with E-state index in [1.807, 2.05) is 43.3 Å². The van der Waals surface area contributed by atoms with Gasteiger partial charge >= 0.3 is 0 Å². The Morgan fingerprint density at radius 2 is 1.91 bits per heavy atom. The number of fused-ring (bicyclic) bond motifs is 1. The third kappa shape index (κ3) is 3.68. The lowest BCUT2D eigenvalue weighted by Gasteiger charge is -2.29. The van der Waals surface area contributed by atoms with Crippen molar-refractivity contribution in [2.75, 3.05) is 18.1 Å². The molecule has 2 aromatic rings. The number of hydrogen-bond donors (Lipinski definition) is 0. The first-order valence-corrected chi connectivity index (χ1v) is 8.72. The van der Waals surface area contributed by atoms with Gasteiger partial charge in [-0.15, -0.1) is 0 Å². The molecule has 0 radical (unpaired) electrons. The second-order valence-corrected chi connectivity index (χ2v) is 6.76. The molecule has 1 aliphatic rings. The van der Waals surface area contributed by atoms with Gasteiger partial charge in [0.1, 0.15) is 6.61 Å². The van der Waals surface area contributed by atoms with Gasteiger partial charge in [-0.05, 0) is 43.5 Å². The monoisotopic (exact) mass is 329 g/mol. The van der Waals surface area contributed by atoms with Gasteiger partial charge in [0.15, 0.2) is 11.1 Å². The van der Waals surface area contributed by atoms with Gasteiger partial charge in [-0.1, -0.05) is 35.9 Å². The topological polar surface area (TPSA) is 46.6 Å². The van der Waals surface area contributed by atoms with E-state index >= 15 is 0 Å². The molecular weight excluding hydrogens is 310 g/mol. The molecule has 1 atom stereocenters. The van der Waals surface area contributed by atoms with Crippen LogP contribution in [0, 0.1) is 6.92 Å². The number of rotatable bonds is 4. The van der Waals surface area contributed by atoms with Gasteiger partial charge < -0.3 is 4.90 Å². The van der Waals surface area contributed by atoms with E-state index in [1.54, 1.807) is 17.0 Å². The number of hydrogen-bond acceptors (Lipinski definition) is 3. The van der Waals surface area contributed by atoms with Crippen LogP contribution in [0.15, 0.2) is 53.4 Å². The van der Waals surface area contributed by atoms with Crippen LogP contribution in [0.2, 0.25) is 0 Å². The van der Waals surface area contributed by atoms with Gasteiger partial charge in [-0.2, -0.15) is 0 Å². The summed E-state index contributed by atoms with van der Waals surface area (Å²) >= 11 is -1.62. The molecule has 23 heavy (non-hydrogen) atoms. The number of aryl methyl sites for hydroxylation is 2. The Balaban J connectivity index is 1.64. The molecule has 1 amide bonds. The Morgan fingerprint density at radius 1 is 1.17 bits per heavy atom. The lowest BCUT2D eigenvalue weighted by molar-refractivity contribution is -0.120. The average Bonchev–Trinajstić information content (AvgIpc) is 2.59. The van der Waals surface area contributed by atoms with Crippen LogP contribution in [0.4, 0.5) is 5.69 Å². The smallest absolute Gasteiger partial charge is 0.254 e. The zero-order valence-corrected chi connectivity index (χ0v) is 13.8. The predicted octanol–water partition coefficient (Wildman–Crippen LogP) is 3.01. The maximum Gasteiger partial charge on any atom is 0.254 e. The molecule has 0 saturated carbocycles. The Morgan fingerprint density at radius 3 is 2.70 bits per heavy atom. The number of carbonyl (C=O) groups is 1. The SMILES string of the molecule is Cc1ccc(S(=O)OCC(=O)N2CCCc3ccccc32)cc1. The van der Waals surface area contributed by atoms with Crippen LogP contribution in [0.5, 0.6) is 0 Å². The lowest BCUT2D eigenvalue weighted by Crippen LogP contribution is -2.38. The van der Waals surface area contributed by atoms with Crippen molar-refractivity contribution in [1.82, 2.24) is 0 Å². The standard InChI is InChI=1S/C18H19NO3S/c1-14-8-10-16(11-9-14)23(21)22-13-18(20)19-12-4-6-15-5-2-3-7-17(15)19/h2-3,5,7-11H,4,6,12-13H2,1H3. The zero-order valence-electron chi connectivity index (χ0n) is 13.0. The van der Waals surface area contributed by atoms with E-state index in [0.29, 0.717) is 11.4 Å². The number of amides is 1. The molecule has 0 fully saturated rings. The highest BCUT2D eigenvalue weighted by Crippen LogP contribution is 2.26. The van der Waals surface area contributed by atoms with Crippen molar-refractivity contribution < 1.29 is 13.2 Å². The fourth-order valence-electron chi connectivity index (χ4n) is 2.69. The molecule has 0 spiro atoms. The van der Waals surface area contributed by atoms with Gasteiger partial charge in [0, 0.05) is 12.2 Å². The van der Waals surface area contributed by atoms with Crippen molar-refractivity contribution in [3.05, 3.63) is 59.7 Å². The number of para-hydroxylation sites is 1. The first-order chi connectivity index (χ1) is 11.1. The van der Waals surface area contributed by atoms with Crippen molar-refractivity contribution in [3.63, 3.8) is 0 Å². The van der Waals surface area contributed by atoms with E-state index in [9.17, 15) is 9.00 Å². The highest BCUT2D eigenvalue weighted by atomic mass is 32.2. The van der Waals surface area contributed by atoms with Crippen LogP contribution < -0.4 is 4.90 Å². The van der Waals surface area contributed by atoms with E-state index < -0.39 is 11.1 Å². The van der Waals surface area contributed by atoms with Crippen LogP contribution in [0.25, 0.3) is 0 Å². The van der Waals surface area contributed by atoms with Crippen molar-refractivity contribution in [2.24, 2.45) is 0 Å². The molecule has 0 bridgehead atoms. The second-order valence-electron chi connectivity index (χ2n) is 5.59. The lowest BCUT2D eigenvalue weighted by atomic mass is 10.0. The highest BCUT2D eigenvalue weighted by molar-refractivity contribution is 7.80. The minimum absolute atomic E-state index is 0.155.